The Morgan fingerprint density at radius 3 is 2.57 bits per heavy atom. The number of hydrogen-bond acceptors (Lipinski definition) is 3. The van der Waals surface area contributed by atoms with E-state index in [0.29, 0.717) is 4.47 Å². The fraction of sp³-hybridized carbons (Fsp3) is 0.125. The topological polar surface area (TPSA) is 60.2 Å². The van der Waals surface area contributed by atoms with Gasteiger partial charge in [-0.3, -0.25) is 14.9 Å². The Balaban J connectivity index is 3.52. The van der Waals surface area contributed by atoms with Crippen molar-refractivity contribution < 1.29 is 9.72 Å². The molecule has 0 saturated heterocycles. The van der Waals surface area contributed by atoms with E-state index in [4.69, 9.17) is 11.6 Å². The zero-order valence-electron chi connectivity index (χ0n) is 7.08. The molecule has 0 aliphatic rings. The maximum Gasteiger partial charge on any atom is 0.282 e. The SMILES string of the molecule is CC(=O)c1c(Br)cc(Cl)cc1[N+](=O)[O-]. The molecule has 0 aromatic heterocycles. The van der Waals surface area contributed by atoms with Gasteiger partial charge in [-0.2, -0.15) is 0 Å². The van der Waals surface area contributed by atoms with Gasteiger partial charge in [-0.1, -0.05) is 11.6 Å². The van der Waals surface area contributed by atoms with Crippen molar-refractivity contribution in [2.45, 2.75) is 6.92 Å². The maximum absolute atomic E-state index is 11.1. The lowest BCUT2D eigenvalue weighted by Crippen LogP contribution is -2.01. The molecule has 0 heterocycles. The van der Waals surface area contributed by atoms with Crippen LogP contribution in [0.4, 0.5) is 5.69 Å². The molecule has 1 aromatic rings. The molecular formula is C8H5BrClNO3. The van der Waals surface area contributed by atoms with Crippen molar-refractivity contribution in [3.63, 3.8) is 0 Å². The van der Waals surface area contributed by atoms with E-state index in [1.165, 1.54) is 13.0 Å². The average Bonchev–Trinajstić information content (AvgIpc) is 2.01. The molecule has 1 rings (SSSR count). The van der Waals surface area contributed by atoms with Gasteiger partial charge in [-0.15, -0.1) is 0 Å². The molecule has 0 spiro atoms. The summed E-state index contributed by atoms with van der Waals surface area (Å²) in [4.78, 5) is 21.1. The first-order valence-electron chi connectivity index (χ1n) is 3.58. The predicted octanol–water partition coefficient (Wildman–Crippen LogP) is 3.21. The van der Waals surface area contributed by atoms with Gasteiger partial charge in [0.2, 0.25) is 0 Å². The van der Waals surface area contributed by atoms with Gasteiger partial charge in [0.1, 0.15) is 5.56 Å². The first-order chi connectivity index (χ1) is 6.43. The Morgan fingerprint density at radius 2 is 2.14 bits per heavy atom. The zero-order valence-corrected chi connectivity index (χ0v) is 9.42. The van der Waals surface area contributed by atoms with Gasteiger partial charge in [-0.25, -0.2) is 0 Å². The normalized spacial score (nSPS) is 9.93. The average molecular weight is 278 g/mol. The van der Waals surface area contributed by atoms with Gasteiger partial charge < -0.3 is 0 Å². The number of hydrogen-bond donors (Lipinski definition) is 0. The third-order valence-corrected chi connectivity index (χ3v) is 2.43. The van der Waals surface area contributed by atoms with Crippen molar-refractivity contribution in [3.8, 4) is 0 Å². The predicted molar refractivity (Wildman–Crippen MR) is 55.8 cm³/mol. The molecule has 74 valence electrons. The molecule has 0 amide bonds. The fourth-order valence-electron chi connectivity index (χ4n) is 1.05. The zero-order chi connectivity index (χ0) is 10.9. The summed E-state index contributed by atoms with van der Waals surface area (Å²) in [5, 5.41) is 10.8. The Morgan fingerprint density at radius 1 is 1.57 bits per heavy atom. The van der Waals surface area contributed by atoms with E-state index in [1.807, 2.05) is 0 Å². The lowest BCUT2D eigenvalue weighted by atomic mass is 10.1. The van der Waals surface area contributed by atoms with Crippen molar-refractivity contribution in [1.82, 2.24) is 0 Å². The highest BCUT2D eigenvalue weighted by Gasteiger charge is 2.21. The summed E-state index contributed by atoms with van der Waals surface area (Å²) in [7, 11) is 0. The number of halogens is 2. The lowest BCUT2D eigenvalue weighted by Gasteiger charge is -2.02. The molecule has 6 heteroatoms. The van der Waals surface area contributed by atoms with Gasteiger partial charge in [-0.05, 0) is 28.9 Å². The molecule has 0 aliphatic heterocycles. The molecule has 1 aromatic carbocycles. The monoisotopic (exact) mass is 277 g/mol. The lowest BCUT2D eigenvalue weighted by molar-refractivity contribution is -0.385. The summed E-state index contributed by atoms with van der Waals surface area (Å²) in [6.07, 6.45) is 0. The molecule has 0 saturated carbocycles. The number of carbonyl (C=O) groups is 1. The van der Waals surface area contributed by atoms with Crippen molar-refractivity contribution in [1.29, 1.82) is 0 Å². The number of ketones is 1. The summed E-state index contributed by atoms with van der Waals surface area (Å²) in [6.45, 7) is 1.26. The third-order valence-electron chi connectivity index (χ3n) is 1.58. The van der Waals surface area contributed by atoms with E-state index in [-0.39, 0.29) is 22.1 Å². The molecule has 14 heavy (non-hydrogen) atoms. The van der Waals surface area contributed by atoms with E-state index in [9.17, 15) is 14.9 Å². The largest absolute Gasteiger partial charge is 0.294 e. The molecule has 0 fully saturated rings. The highest BCUT2D eigenvalue weighted by Crippen LogP contribution is 2.31. The van der Waals surface area contributed by atoms with Crippen LogP contribution >= 0.6 is 27.5 Å². The van der Waals surface area contributed by atoms with Crippen molar-refractivity contribution >= 4 is 39.0 Å². The quantitative estimate of drug-likeness (QED) is 0.474. The summed E-state index contributed by atoms with van der Waals surface area (Å²) in [5.74, 6) is -0.375. The number of carbonyl (C=O) groups excluding carboxylic acids is 1. The number of nitro benzene ring substituents is 1. The summed E-state index contributed by atoms with van der Waals surface area (Å²) in [6, 6.07) is 2.61. The van der Waals surface area contributed by atoms with Gasteiger partial charge in [0.05, 0.1) is 4.92 Å². The van der Waals surface area contributed by atoms with Gasteiger partial charge in [0, 0.05) is 15.6 Å². The molecule has 4 nitrogen and oxygen atoms in total. The summed E-state index contributed by atoms with van der Waals surface area (Å²) < 4.78 is 0.337. The van der Waals surface area contributed by atoms with Crippen LogP contribution < -0.4 is 0 Å². The van der Waals surface area contributed by atoms with Crippen LogP contribution in [0.25, 0.3) is 0 Å². The second kappa shape index (κ2) is 4.06. The van der Waals surface area contributed by atoms with Gasteiger partial charge in [0.15, 0.2) is 5.78 Å². The van der Waals surface area contributed by atoms with E-state index in [2.05, 4.69) is 15.9 Å². The van der Waals surface area contributed by atoms with Crippen LogP contribution in [0, 0.1) is 10.1 Å². The van der Waals surface area contributed by atoms with Crippen molar-refractivity contribution in [2.75, 3.05) is 0 Å². The first kappa shape index (κ1) is 11.1. The van der Waals surface area contributed by atoms with Crippen LogP contribution in [-0.4, -0.2) is 10.7 Å². The molecule has 0 N–H and O–H groups in total. The van der Waals surface area contributed by atoms with E-state index >= 15 is 0 Å². The van der Waals surface area contributed by atoms with Gasteiger partial charge >= 0.3 is 0 Å². The highest BCUT2D eigenvalue weighted by atomic mass is 79.9. The Hall–Kier alpha value is -0.940. The van der Waals surface area contributed by atoms with Crippen LogP contribution in [0.15, 0.2) is 16.6 Å². The number of nitro groups is 1. The van der Waals surface area contributed by atoms with E-state index < -0.39 is 4.92 Å². The minimum absolute atomic E-state index is 0.0411. The van der Waals surface area contributed by atoms with Crippen molar-refractivity contribution in [3.05, 3.63) is 37.3 Å². The molecular weight excluding hydrogens is 273 g/mol. The van der Waals surface area contributed by atoms with Gasteiger partial charge in [0.25, 0.3) is 5.69 Å². The fourth-order valence-corrected chi connectivity index (χ4v) is 2.13. The Kier molecular flexibility index (Phi) is 3.23. The second-order valence-corrected chi connectivity index (χ2v) is 3.89. The maximum atomic E-state index is 11.1. The highest BCUT2D eigenvalue weighted by molar-refractivity contribution is 9.10. The third kappa shape index (κ3) is 2.10. The van der Waals surface area contributed by atoms with Crippen LogP contribution in [-0.2, 0) is 0 Å². The Bertz CT molecular complexity index is 419. The van der Waals surface area contributed by atoms with E-state index in [0.717, 1.165) is 6.07 Å². The molecule has 0 bridgehead atoms. The summed E-state index contributed by atoms with van der Waals surface area (Å²) in [5.41, 5.74) is -0.240. The Labute approximate surface area is 93.1 Å². The molecule has 0 atom stereocenters. The number of nitrogens with zero attached hydrogens (tertiary/aromatic N) is 1. The molecule has 0 unspecified atom stereocenters. The second-order valence-electron chi connectivity index (χ2n) is 2.60. The number of rotatable bonds is 2. The first-order valence-corrected chi connectivity index (χ1v) is 4.75. The standard InChI is InChI=1S/C8H5BrClNO3/c1-4(12)8-6(9)2-5(10)3-7(8)11(13)14/h2-3H,1H3. The van der Waals surface area contributed by atoms with Crippen LogP contribution in [0.1, 0.15) is 17.3 Å². The molecule has 0 aliphatic carbocycles. The van der Waals surface area contributed by atoms with Crippen LogP contribution in [0.5, 0.6) is 0 Å². The van der Waals surface area contributed by atoms with Crippen LogP contribution in [0.2, 0.25) is 5.02 Å². The van der Waals surface area contributed by atoms with Crippen LogP contribution in [0.3, 0.4) is 0 Å². The summed E-state index contributed by atoms with van der Waals surface area (Å²) >= 11 is 8.68. The van der Waals surface area contributed by atoms with Crippen molar-refractivity contribution in [2.24, 2.45) is 0 Å². The minimum atomic E-state index is -0.632. The number of benzene rings is 1. The minimum Gasteiger partial charge on any atom is -0.294 e. The van der Waals surface area contributed by atoms with E-state index in [1.54, 1.807) is 0 Å². The number of Topliss-reactive ketones (excluding diaryl/α,β-unsaturated/α-hetero) is 1. The molecule has 0 radical (unpaired) electrons. The smallest absolute Gasteiger partial charge is 0.282 e.